The van der Waals surface area contributed by atoms with Crippen molar-refractivity contribution in [2.45, 2.75) is 44.9 Å². The Morgan fingerprint density at radius 3 is 2.40 bits per heavy atom. The fraction of sp³-hybridized carbons (Fsp3) is 0.615. The van der Waals surface area contributed by atoms with Crippen LogP contribution in [-0.2, 0) is 0 Å². The highest BCUT2D eigenvalue weighted by Gasteiger charge is 2.33. The molecule has 0 saturated heterocycles. The summed E-state index contributed by atoms with van der Waals surface area (Å²) in [7, 11) is 0. The molecule has 0 aromatic carbocycles. The van der Waals surface area contributed by atoms with Gasteiger partial charge < -0.3 is 5.41 Å². The highest BCUT2D eigenvalue weighted by atomic mass is 35.5. The third-order valence-electron chi connectivity index (χ3n) is 3.76. The molecule has 2 aliphatic rings. The molecule has 0 atom stereocenters. The first kappa shape index (κ1) is 10.9. The fourth-order valence-electron chi connectivity index (χ4n) is 2.77. The number of halogens is 1. The van der Waals surface area contributed by atoms with Gasteiger partial charge in [0.1, 0.15) is 0 Å². The van der Waals surface area contributed by atoms with Crippen LogP contribution in [0.4, 0.5) is 0 Å². The van der Waals surface area contributed by atoms with E-state index in [9.17, 15) is 0 Å². The molecule has 0 radical (unpaired) electrons. The second kappa shape index (κ2) is 4.52. The molecule has 0 unspecified atom stereocenters. The fourth-order valence-corrected chi connectivity index (χ4v) is 2.92. The largest absolute Gasteiger partial charge is 0.312 e. The van der Waals surface area contributed by atoms with Crippen molar-refractivity contribution in [3.05, 3.63) is 22.8 Å². The van der Waals surface area contributed by atoms with Crippen LogP contribution in [0.3, 0.4) is 0 Å². The third kappa shape index (κ3) is 2.17. The summed E-state index contributed by atoms with van der Waals surface area (Å²) in [5.41, 5.74) is 1.51. The Labute approximate surface area is 96.7 Å². The summed E-state index contributed by atoms with van der Waals surface area (Å²) in [6, 6.07) is 0. The lowest BCUT2D eigenvalue weighted by atomic mass is 9.68. The maximum atomic E-state index is 7.71. The summed E-state index contributed by atoms with van der Waals surface area (Å²) >= 11 is 5.97. The van der Waals surface area contributed by atoms with E-state index in [1.54, 1.807) is 6.21 Å². The molecule has 0 heterocycles. The van der Waals surface area contributed by atoms with Gasteiger partial charge in [-0.3, -0.25) is 0 Å². The van der Waals surface area contributed by atoms with Crippen LogP contribution >= 0.6 is 11.6 Å². The minimum atomic E-state index is 0.0757. The minimum Gasteiger partial charge on any atom is -0.312 e. The van der Waals surface area contributed by atoms with Crippen LogP contribution in [0.5, 0.6) is 0 Å². The number of rotatable bonds is 2. The van der Waals surface area contributed by atoms with E-state index >= 15 is 0 Å². The van der Waals surface area contributed by atoms with Gasteiger partial charge in [0.15, 0.2) is 0 Å². The molecule has 1 fully saturated rings. The highest BCUT2D eigenvalue weighted by Crippen LogP contribution is 2.44. The van der Waals surface area contributed by atoms with Gasteiger partial charge in [-0.2, -0.15) is 0 Å². The van der Waals surface area contributed by atoms with Crippen LogP contribution in [0.25, 0.3) is 0 Å². The summed E-state index contributed by atoms with van der Waals surface area (Å²) < 4.78 is 0. The molecule has 2 aliphatic carbocycles. The van der Waals surface area contributed by atoms with Crippen LogP contribution in [0.15, 0.2) is 22.8 Å². The SMILES string of the molecule is N=CC1(C2=CC=C(Cl)CC2)CCCCC1. The Bertz CT molecular complexity index is 308. The summed E-state index contributed by atoms with van der Waals surface area (Å²) in [5.74, 6) is 0. The standard InChI is InChI=1S/C13H18ClN/c14-12-6-4-11(5-7-12)13(10-15)8-2-1-3-9-13/h4,6,10,15H,1-3,5,7-9H2. The summed E-state index contributed by atoms with van der Waals surface area (Å²) in [4.78, 5) is 0. The zero-order valence-corrected chi connectivity index (χ0v) is 9.82. The molecule has 1 nitrogen and oxygen atoms in total. The molecule has 2 heteroatoms. The average molecular weight is 224 g/mol. The Morgan fingerprint density at radius 2 is 1.87 bits per heavy atom. The average Bonchev–Trinajstić information content (AvgIpc) is 2.31. The molecule has 1 saturated carbocycles. The van der Waals surface area contributed by atoms with Gasteiger partial charge in [0.25, 0.3) is 0 Å². The lowest BCUT2D eigenvalue weighted by molar-refractivity contribution is 0.330. The van der Waals surface area contributed by atoms with Gasteiger partial charge >= 0.3 is 0 Å². The zero-order valence-electron chi connectivity index (χ0n) is 9.06. The third-order valence-corrected chi connectivity index (χ3v) is 4.08. The van der Waals surface area contributed by atoms with Gasteiger partial charge in [-0.25, -0.2) is 0 Å². The van der Waals surface area contributed by atoms with E-state index in [1.165, 1.54) is 24.8 Å². The smallest absolute Gasteiger partial charge is 0.0261 e. The molecule has 2 rings (SSSR count). The number of hydrogen-bond donors (Lipinski definition) is 1. The van der Waals surface area contributed by atoms with Crippen LogP contribution in [0.1, 0.15) is 44.9 Å². The van der Waals surface area contributed by atoms with Gasteiger partial charge in [0.2, 0.25) is 0 Å². The van der Waals surface area contributed by atoms with E-state index in [1.807, 2.05) is 6.08 Å². The Kier molecular flexibility index (Phi) is 3.30. The molecule has 0 amide bonds. The molecule has 0 spiro atoms. The van der Waals surface area contributed by atoms with Gasteiger partial charge in [-0.1, -0.05) is 42.5 Å². The Balaban J connectivity index is 2.22. The van der Waals surface area contributed by atoms with E-state index < -0.39 is 0 Å². The summed E-state index contributed by atoms with van der Waals surface area (Å²) in [6.07, 6.45) is 14.1. The van der Waals surface area contributed by atoms with Gasteiger partial charge in [0, 0.05) is 16.7 Å². The first-order chi connectivity index (χ1) is 7.27. The topological polar surface area (TPSA) is 23.9 Å². The molecule has 1 N–H and O–H groups in total. The number of nitrogens with one attached hydrogen (secondary N) is 1. The first-order valence-electron chi connectivity index (χ1n) is 5.84. The molecule has 0 aliphatic heterocycles. The van der Waals surface area contributed by atoms with E-state index in [0.717, 1.165) is 30.7 Å². The molecular weight excluding hydrogens is 206 g/mol. The molecule has 82 valence electrons. The summed E-state index contributed by atoms with van der Waals surface area (Å²) in [6.45, 7) is 0. The lowest BCUT2D eigenvalue weighted by Crippen LogP contribution is -2.28. The molecular formula is C13H18ClN. The predicted molar refractivity (Wildman–Crippen MR) is 65.6 cm³/mol. The van der Waals surface area contributed by atoms with Crippen LogP contribution < -0.4 is 0 Å². The molecule has 15 heavy (non-hydrogen) atoms. The number of hydrogen-bond acceptors (Lipinski definition) is 1. The van der Waals surface area contributed by atoms with Crippen molar-refractivity contribution in [2.75, 3.05) is 0 Å². The van der Waals surface area contributed by atoms with Crippen molar-refractivity contribution < 1.29 is 0 Å². The van der Waals surface area contributed by atoms with Crippen LogP contribution in [0.2, 0.25) is 0 Å². The maximum Gasteiger partial charge on any atom is 0.0261 e. The quantitative estimate of drug-likeness (QED) is 0.670. The monoisotopic (exact) mass is 223 g/mol. The molecule has 0 aromatic rings. The second-order valence-corrected chi connectivity index (χ2v) is 5.15. The van der Waals surface area contributed by atoms with E-state index in [0.29, 0.717) is 0 Å². The zero-order chi connectivity index (χ0) is 10.7. The van der Waals surface area contributed by atoms with E-state index in [2.05, 4.69) is 6.08 Å². The van der Waals surface area contributed by atoms with Gasteiger partial charge in [-0.15, -0.1) is 0 Å². The minimum absolute atomic E-state index is 0.0757. The van der Waals surface area contributed by atoms with Crippen molar-refractivity contribution in [2.24, 2.45) is 5.41 Å². The predicted octanol–water partition coefficient (Wildman–Crippen LogP) is 4.43. The normalized spacial score (nSPS) is 25.4. The Morgan fingerprint density at radius 1 is 1.13 bits per heavy atom. The first-order valence-corrected chi connectivity index (χ1v) is 6.22. The van der Waals surface area contributed by atoms with Crippen LogP contribution in [-0.4, -0.2) is 6.21 Å². The van der Waals surface area contributed by atoms with E-state index in [4.69, 9.17) is 17.0 Å². The van der Waals surface area contributed by atoms with Gasteiger partial charge in [-0.05, 0) is 31.8 Å². The van der Waals surface area contributed by atoms with Crippen molar-refractivity contribution in [1.82, 2.24) is 0 Å². The lowest BCUT2D eigenvalue weighted by Gasteiger charge is -2.37. The summed E-state index contributed by atoms with van der Waals surface area (Å²) in [5, 5.41) is 8.67. The maximum absolute atomic E-state index is 7.71. The van der Waals surface area contributed by atoms with Crippen molar-refractivity contribution >= 4 is 17.8 Å². The van der Waals surface area contributed by atoms with Crippen molar-refractivity contribution in [1.29, 1.82) is 5.41 Å². The second-order valence-electron chi connectivity index (χ2n) is 4.67. The number of allylic oxidation sites excluding steroid dienone is 4. The van der Waals surface area contributed by atoms with Crippen LogP contribution in [0, 0.1) is 10.8 Å². The van der Waals surface area contributed by atoms with Crippen molar-refractivity contribution in [3.63, 3.8) is 0 Å². The van der Waals surface area contributed by atoms with E-state index in [-0.39, 0.29) is 5.41 Å². The molecule has 0 bridgehead atoms. The van der Waals surface area contributed by atoms with Crippen molar-refractivity contribution in [3.8, 4) is 0 Å². The highest BCUT2D eigenvalue weighted by molar-refractivity contribution is 6.29. The molecule has 0 aromatic heterocycles. The van der Waals surface area contributed by atoms with Gasteiger partial charge in [0.05, 0.1) is 0 Å². The Hall–Kier alpha value is -0.560.